The van der Waals surface area contributed by atoms with Gasteiger partial charge in [0.2, 0.25) is 23.6 Å². The van der Waals surface area contributed by atoms with Crippen molar-refractivity contribution in [2.45, 2.75) is 58.8 Å². The second-order valence-corrected chi connectivity index (χ2v) is 7.77. The third kappa shape index (κ3) is 7.95. The lowest BCUT2D eigenvalue weighted by Gasteiger charge is -2.25. The van der Waals surface area contributed by atoms with Crippen LogP contribution in [0.3, 0.4) is 0 Å². The average Bonchev–Trinajstić information content (AvgIpc) is 2.71. The predicted molar refractivity (Wildman–Crippen MR) is 117 cm³/mol. The second kappa shape index (κ2) is 11.7. The summed E-state index contributed by atoms with van der Waals surface area (Å²) >= 11 is 0. The molecule has 12 nitrogen and oxygen atoms in total. The van der Waals surface area contributed by atoms with Crippen LogP contribution in [0.2, 0.25) is 0 Å². The fourth-order valence-corrected chi connectivity index (χ4v) is 2.51. The van der Waals surface area contributed by atoms with Gasteiger partial charge < -0.3 is 27.0 Å². The number of carbonyl (C=O) groups is 4. The molecular formula is C20H30N6O6. The molecule has 0 heterocycles. The summed E-state index contributed by atoms with van der Waals surface area (Å²) in [7, 11) is 0. The van der Waals surface area contributed by atoms with Gasteiger partial charge in [-0.25, -0.2) is 0 Å². The number of anilines is 1. The van der Waals surface area contributed by atoms with E-state index in [0.29, 0.717) is 5.69 Å². The number of nitrogens with one attached hydrogen (secondary N) is 4. The molecule has 1 aromatic rings. The number of rotatable bonds is 10. The van der Waals surface area contributed by atoms with Crippen LogP contribution in [0.1, 0.15) is 34.6 Å². The second-order valence-electron chi connectivity index (χ2n) is 7.77. The zero-order valence-electron chi connectivity index (χ0n) is 18.7. The highest BCUT2D eigenvalue weighted by atomic mass is 16.6. The van der Waals surface area contributed by atoms with Gasteiger partial charge in [-0.3, -0.25) is 29.3 Å². The van der Waals surface area contributed by atoms with Gasteiger partial charge in [0.25, 0.3) is 5.69 Å². The van der Waals surface area contributed by atoms with Crippen molar-refractivity contribution < 1.29 is 24.1 Å². The molecule has 6 N–H and O–H groups in total. The van der Waals surface area contributed by atoms with Gasteiger partial charge in [-0.1, -0.05) is 13.8 Å². The fraction of sp³-hybridized carbons (Fsp3) is 0.500. The largest absolute Gasteiger partial charge is 0.343 e. The Balaban J connectivity index is 2.71. The van der Waals surface area contributed by atoms with E-state index >= 15 is 0 Å². The van der Waals surface area contributed by atoms with Crippen molar-refractivity contribution in [1.29, 1.82) is 0 Å². The van der Waals surface area contributed by atoms with Gasteiger partial charge in [-0.2, -0.15) is 0 Å². The standard InChI is InChI=1S/C20H30N6O6/c1-10(2)16(25-19(29)13(5)22-17(27)11(3)21)20(30)23-12(4)18(28)24-14-6-8-15(9-7-14)26(31)32/h6-13,16H,21H2,1-5H3,(H,22,27)(H,23,30)(H,24,28)(H,25,29)/t11-,12-,13+,16+/m0/s1. The molecule has 1 aromatic carbocycles. The van der Waals surface area contributed by atoms with Crippen LogP contribution in [0.5, 0.6) is 0 Å². The van der Waals surface area contributed by atoms with Crippen LogP contribution < -0.4 is 27.0 Å². The first kappa shape index (κ1) is 26.5. The molecular weight excluding hydrogens is 420 g/mol. The minimum absolute atomic E-state index is 0.119. The quantitative estimate of drug-likeness (QED) is 0.246. The summed E-state index contributed by atoms with van der Waals surface area (Å²) in [4.78, 5) is 59.2. The van der Waals surface area contributed by atoms with Crippen molar-refractivity contribution in [3.8, 4) is 0 Å². The zero-order valence-corrected chi connectivity index (χ0v) is 18.7. The smallest absolute Gasteiger partial charge is 0.269 e. The number of nitrogens with two attached hydrogens (primary N) is 1. The Hall–Kier alpha value is -3.54. The van der Waals surface area contributed by atoms with Gasteiger partial charge in [0, 0.05) is 17.8 Å². The molecule has 0 unspecified atom stereocenters. The van der Waals surface area contributed by atoms with Gasteiger partial charge in [-0.05, 0) is 38.8 Å². The van der Waals surface area contributed by atoms with E-state index in [4.69, 9.17) is 5.73 Å². The van der Waals surface area contributed by atoms with Crippen molar-refractivity contribution in [3.05, 3.63) is 34.4 Å². The van der Waals surface area contributed by atoms with Crippen molar-refractivity contribution in [3.63, 3.8) is 0 Å². The summed E-state index contributed by atoms with van der Waals surface area (Å²) in [5, 5.41) is 20.8. The van der Waals surface area contributed by atoms with Crippen molar-refractivity contribution >= 4 is 35.0 Å². The summed E-state index contributed by atoms with van der Waals surface area (Å²) in [6.07, 6.45) is 0. The topological polar surface area (TPSA) is 186 Å². The fourth-order valence-electron chi connectivity index (χ4n) is 2.51. The van der Waals surface area contributed by atoms with E-state index in [1.54, 1.807) is 13.8 Å². The molecule has 12 heteroatoms. The van der Waals surface area contributed by atoms with Gasteiger partial charge in [0.05, 0.1) is 11.0 Å². The van der Waals surface area contributed by atoms with Crippen molar-refractivity contribution in [1.82, 2.24) is 16.0 Å². The molecule has 4 amide bonds. The number of hydrogen-bond acceptors (Lipinski definition) is 7. The molecule has 0 aromatic heterocycles. The molecule has 1 rings (SSSR count). The molecule has 0 fully saturated rings. The van der Waals surface area contributed by atoms with E-state index in [1.807, 2.05) is 0 Å². The molecule has 32 heavy (non-hydrogen) atoms. The Morgan fingerprint density at radius 3 is 1.78 bits per heavy atom. The first-order valence-electron chi connectivity index (χ1n) is 10.1. The number of amides is 4. The molecule has 0 spiro atoms. The maximum atomic E-state index is 12.7. The normalized spacial score (nSPS) is 14.5. The highest BCUT2D eigenvalue weighted by molar-refractivity contribution is 5.98. The Kier molecular flexibility index (Phi) is 9.72. The minimum atomic E-state index is -0.953. The molecule has 0 saturated heterocycles. The monoisotopic (exact) mass is 450 g/mol. The van der Waals surface area contributed by atoms with E-state index < -0.39 is 52.7 Å². The van der Waals surface area contributed by atoms with Crippen LogP contribution in [-0.2, 0) is 19.2 Å². The summed E-state index contributed by atoms with van der Waals surface area (Å²) in [6, 6.07) is 1.63. The lowest BCUT2D eigenvalue weighted by molar-refractivity contribution is -0.384. The molecule has 176 valence electrons. The van der Waals surface area contributed by atoms with Crippen molar-refractivity contribution in [2.24, 2.45) is 11.7 Å². The molecule has 0 aliphatic carbocycles. The van der Waals surface area contributed by atoms with E-state index in [1.165, 1.54) is 45.0 Å². The summed E-state index contributed by atoms with van der Waals surface area (Å²) in [5.41, 5.74) is 5.67. The Morgan fingerprint density at radius 1 is 0.812 bits per heavy atom. The van der Waals surface area contributed by atoms with Crippen LogP contribution in [0, 0.1) is 16.0 Å². The van der Waals surface area contributed by atoms with E-state index in [9.17, 15) is 29.3 Å². The van der Waals surface area contributed by atoms with Crippen LogP contribution in [0.15, 0.2) is 24.3 Å². The molecule has 0 radical (unpaired) electrons. The molecule has 0 saturated carbocycles. The Morgan fingerprint density at radius 2 is 1.31 bits per heavy atom. The SMILES string of the molecule is CC(C)[C@@H](NC(=O)[C@@H](C)NC(=O)[C@H](C)N)C(=O)N[C@@H](C)C(=O)Nc1ccc([N+](=O)[O-])cc1. The number of hydrogen-bond donors (Lipinski definition) is 5. The molecule has 4 atom stereocenters. The van der Waals surface area contributed by atoms with Crippen LogP contribution in [0.25, 0.3) is 0 Å². The van der Waals surface area contributed by atoms with Crippen LogP contribution in [0.4, 0.5) is 11.4 Å². The maximum absolute atomic E-state index is 12.7. The number of non-ortho nitro benzene ring substituents is 1. The average molecular weight is 450 g/mol. The summed E-state index contributed by atoms with van der Waals surface area (Å²) in [5.74, 6) is -2.50. The zero-order chi connectivity index (χ0) is 24.6. The Bertz CT molecular complexity index is 855. The number of nitrogens with zero attached hydrogens (tertiary/aromatic N) is 1. The first-order valence-corrected chi connectivity index (χ1v) is 10.1. The molecule has 0 bridgehead atoms. The highest BCUT2D eigenvalue weighted by Crippen LogP contribution is 2.15. The number of benzene rings is 1. The number of nitro groups is 1. The molecule has 0 aliphatic rings. The van der Waals surface area contributed by atoms with Crippen molar-refractivity contribution in [2.75, 3.05) is 5.32 Å². The van der Waals surface area contributed by atoms with E-state index in [0.717, 1.165) is 0 Å². The first-order chi connectivity index (χ1) is 14.8. The number of carbonyl (C=O) groups excluding carboxylic acids is 4. The lowest BCUT2D eigenvalue weighted by atomic mass is 10.0. The maximum Gasteiger partial charge on any atom is 0.269 e. The van der Waals surface area contributed by atoms with E-state index in [-0.39, 0.29) is 11.6 Å². The third-order valence-corrected chi connectivity index (χ3v) is 4.51. The lowest BCUT2D eigenvalue weighted by Crippen LogP contribution is -2.57. The van der Waals surface area contributed by atoms with Gasteiger partial charge in [-0.15, -0.1) is 0 Å². The van der Waals surface area contributed by atoms with Crippen LogP contribution >= 0.6 is 0 Å². The van der Waals surface area contributed by atoms with E-state index in [2.05, 4.69) is 21.3 Å². The Labute approximate surface area is 185 Å². The summed E-state index contributed by atoms with van der Waals surface area (Å²) < 4.78 is 0. The summed E-state index contributed by atoms with van der Waals surface area (Å²) in [6.45, 7) is 7.84. The third-order valence-electron chi connectivity index (χ3n) is 4.51. The van der Waals surface area contributed by atoms with Crippen LogP contribution in [-0.4, -0.2) is 52.7 Å². The molecule has 0 aliphatic heterocycles. The number of nitro benzene ring substituents is 1. The predicted octanol–water partition coefficient (Wildman–Crippen LogP) is 0.0307. The highest BCUT2D eigenvalue weighted by Gasteiger charge is 2.29. The minimum Gasteiger partial charge on any atom is -0.343 e. The van der Waals surface area contributed by atoms with Gasteiger partial charge >= 0.3 is 0 Å². The van der Waals surface area contributed by atoms with Gasteiger partial charge in [0.15, 0.2) is 0 Å². The van der Waals surface area contributed by atoms with Gasteiger partial charge in [0.1, 0.15) is 18.1 Å².